The first-order chi connectivity index (χ1) is 11.3. The molecule has 0 aliphatic heterocycles. The summed E-state index contributed by atoms with van der Waals surface area (Å²) < 4.78 is 39.3. The molecule has 9 heteroatoms. The third kappa shape index (κ3) is 3.40. The molecule has 0 saturated carbocycles. The van der Waals surface area contributed by atoms with E-state index >= 15 is 0 Å². The lowest BCUT2D eigenvalue weighted by molar-refractivity contribution is -0.141. The van der Waals surface area contributed by atoms with Crippen molar-refractivity contribution in [1.29, 1.82) is 0 Å². The van der Waals surface area contributed by atoms with Gasteiger partial charge in [-0.3, -0.25) is 14.5 Å². The first kappa shape index (κ1) is 16.4. The van der Waals surface area contributed by atoms with Gasteiger partial charge in [-0.15, -0.1) is 0 Å². The van der Waals surface area contributed by atoms with Gasteiger partial charge >= 0.3 is 6.18 Å². The Morgan fingerprint density at radius 2 is 2.04 bits per heavy atom. The van der Waals surface area contributed by atoms with Gasteiger partial charge in [-0.25, -0.2) is 0 Å². The number of nitrogens with zero attached hydrogens (tertiary/aromatic N) is 3. The van der Waals surface area contributed by atoms with Gasteiger partial charge in [0, 0.05) is 22.3 Å². The summed E-state index contributed by atoms with van der Waals surface area (Å²) in [5.74, 6) is -0.499. The van der Waals surface area contributed by atoms with Gasteiger partial charge in [0.1, 0.15) is 6.54 Å². The summed E-state index contributed by atoms with van der Waals surface area (Å²) in [6, 6.07) is 7.85. The third-order valence-electron chi connectivity index (χ3n) is 3.23. The van der Waals surface area contributed by atoms with Crippen LogP contribution in [0, 0.1) is 0 Å². The average molecular weight is 399 g/mol. The molecule has 1 N–H and O–H groups in total. The van der Waals surface area contributed by atoms with Crippen LogP contribution in [0.3, 0.4) is 0 Å². The molecule has 1 aromatic carbocycles. The molecule has 24 heavy (non-hydrogen) atoms. The van der Waals surface area contributed by atoms with Gasteiger partial charge < -0.3 is 5.32 Å². The Bertz CT molecular complexity index is 907. The minimum Gasteiger partial charge on any atom is -0.323 e. The molecule has 124 valence electrons. The summed E-state index contributed by atoms with van der Waals surface area (Å²) >= 11 is 3.40. The molecule has 0 fully saturated rings. The third-order valence-corrected chi connectivity index (χ3v) is 3.92. The number of amides is 1. The molecule has 1 amide bonds. The quantitative estimate of drug-likeness (QED) is 0.728. The summed E-state index contributed by atoms with van der Waals surface area (Å²) in [6.45, 7) is -0.333. The fourth-order valence-corrected chi connectivity index (χ4v) is 2.63. The second kappa shape index (κ2) is 6.23. The Hall–Kier alpha value is -2.42. The molecule has 2 heterocycles. The lowest BCUT2D eigenvalue weighted by Crippen LogP contribution is -2.20. The molecular weight excluding hydrogens is 389 g/mol. The highest BCUT2D eigenvalue weighted by atomic mass is 79.9. The molecule has 2 aromatic heterocycles. The fraction of sp³-hybridized carbons (Fsp3) is 0.133. The van der Waals surface area contributed by atoms with Crippen molar-refractivity contribution in [3.05, 3.63) is 52.9 Å². The number of anilines is 1. The summed E-state index contributed by atoms with van der Waals surface area (Å²) in [5, 5.41) is 6.81. The van der Waals surface area contributed by atoms with Crippen LogP contribution < -0.4 is 5.32 Å². The minimum atomic E-state index is -4.53. The van der Waals surface area contributed by atoms with E-state index in [9.17, 15) is 18.0 Å². The fourth-order valence-electron chi connectivity index (χ4n) is 2.18. The van der Waals surface area contributed by atoms with Crippen LogP contribution in [0.1, 0.15) is 5.69 Å². The number of alkyl halides is 3. The van der Waals surface area contributed by atoms with Gasteiger partial charge in [-0.2, -0.15) is 18.3 Å². The van der Waals surface area contributed by atoms with Crippen molar-refractivity contribution >= 4 is 38.4 Å². The van der Waals surface area contributed by atoms with Crippen molar-refractivity contribution in [2.45, 2.75) is 12.7 Å². The molecule has 0 aliphatic carbocycles. The Morgan fingerprint density at radius 3 is 2.75 bits per heavy atom. The molecule has 0 saturated heterocycles. The zero-order valence-corrected chi connectivity index (χ0v) is 13.6. The molecule has 5 nitrogen and oxygen atoms in total. The first-order valence-corrected chi connectivity index (χ1v) is 7.57. The molecule has 0 spiro atoms. The van der Waals surface area contributed by atoms with E-state index in [0.717, 1.165) is 26.8 Å². The Labute approximate surface area is 142 Å². The monoisotopic (exact) mass is 398 g/mol. The van der Waals surface area contributed by atoms with E-state index < -0.39 is 17.8 Å². The maximum Gasteiger partial charge on any atom is 0.435 e. The first-order valence-electron chi connectivity index (χ1n) is 6.78. The summed E-state index contributed by atoms with van der Waals surface area (Å²) in [7, 11) is 0. The standard InChI is InChI=1S/C15H10BrF3N4O/c16-10-3-4-11(14-9(10)2-1-6-20-14)21-13(24)8-23-7-5-12(22-23)15(17,18)19/h1-7H,8H2,(H,21,24). The van der Waals surface area contributed by atoms with Crippen LogP contribution in [0.4, 0.5) is 18.9 Å². The highest BCUT2D eigenvalue weighted by Gasteiger charge is 2.33. The summed E-state index contributed by atoms with van der Waals surface area (Å²) in [6.07, 6.45) is -1.83. The van der Waals surface area contributed by atoms with E-state index in [4.69, 9.17) is 0 Å². The number of nitrogens with one attached hydrogen (secondary N) is 1. The van der Waals surface area contributed by atoms with Gasteiger partial charge in [-0.05, 0) is 24.3 Å². The molecule has 0 bridgehead atoms. The second-order valence-electron chi connectivity index (χ2n) is 4.94. The van der Waals surface area contributed by atoms with Gasteiger partial charge in [0.2, 0.25) is 5.91 Å². The summed E-state index contributed by atoms with van der Waals surface area (Å²) in [4.78, 5) is 16.3. The number of fused-ring (bicyclic) bond motifs is 1. The number of benzene rings is 1. The highest BCUT2D eigenvalue weighted by Crippen LogP contribution is 2.29. The SMILES string of the molecule is O=C(Cn1ccc(C(F)(F)F)n1)Nc1ccc(Br)c2cccnc12. The molecule has 3 rings (SSSR count). The van der Waals surface area contributed by atoms with Crippen LogP contribution in [-0.2, 0) is 17.5 Å². The van der Waals surface area contributed by atoms with Gasteiger partial charge in [0.15, 0.2) is 5.69 Å². The van der Waals surface area contributed by atoms with Crippen LogP contribution >= 0.6 is 15.9 Å². The zero-order valence-electron chi connectivity index (χ0n) is 12.0. The predicted molar refractivity (Wildman–Crippen MR) is 85.3 cm³/mol. The van der Waals surface area contributed by atoms with Crippen molar-refractivity contribution in [3.8, 4) is 0 Å². The van der Waals surface area contributed by atoms with Crippen molar-refractivity contribution < 1.29 is 18.0 Å². The zero-order chi connectivity index (χ0) is 17.3. The topological polar surface area (TPSA) is 59.8 Å². The number of rotatable bonds is 3. The second-order valence-corrected chi connectivity index (χ2v) is 5.79. The molecule has 3 aromatic rings. The van der Waals surface area contributed by atoms with Crippen LogP contribution in [0.5, 0.6) is 0 Å². The maximum absolute atomic E-state index is 12.5. The van der Waals surface area contributed by atoms with Gasteiger partial charge in [0.05, 0.1) is 11.2 Å². The van der Waals surface area contributed by atoms with Crippen LogP contribution in [0.15, 0.2) is 47.2 Å². The highest BCUT2D eigenvalue weighted by molar-refractivity contribution is 9.10. The van der Waals surface area contributed by atoms with E-state index in [1.807, 2.05) is 6.07 Å². The molecule has 0 aliphatic rings. The number of aromatic nitrogens is 3. The van der Waals surface area contributed by atoms with Crippen molar-refractivity contribution in [2.75, 3.05) is 5.32 Å². The normalized spacial score (nSPS) is 11.7. The van der Waals surface area contributed by atoms with E-state index in [1.165, 1.54) is 0 Å². The Morgan fingerprint density at radius 1 is 1.25 bits per heavy atom. The number of pyridine rings is 1. The summed E-state index contributed by atoms with van der Waals surface area (Å²) in [5.41, 5.74) is 0.0183. The number of carbonyl (C=O) groups is 1. The molecule has 0 radical (unpaired) electrons. The van der Waals surface area contributed by atoms with E-state index in [1.54, 1.807) is 24.4 Å². The van der Waals surface area contributed by atoms with Gasteiger partial charge in [0.25, 0.3) is 0 Å². The predicted octanol–water partition coefficient (Wildman–Crippen LogP) is 3.85. The largest absolute Gasteiger partial charge is 0.435 e. The lowest BCUT2D eigenvalue weighted by atomic mass is 10.2. The smallest absolute Gasteiger partial charge is 0.323 e. The number of hydrogen-bond acceptors (Lipinski definition) is 3. The van der Waals surface area contributed by atoms with Crippen molar-refractivity contribution in [2.24, 2.45) is 0 Å². The lowest BCUT2D eigenvalue weighted by Gasteiger charge is -2.09. The molecular formula is C15H10BrF3N4O. The molecule has 0 atom stereocenters. The Balaban J connectivity index is 1.78. The average Bonchev–Trinajstić information content (AvgIpc) is 2.99. The number of halogens is 4. The van der Waals surface area contributed by atoms with Crippen LogP contribution in [0.2, 0.25) is 0 Å². The van der Waals surface area contributed by atoms with E-state index in [0.29, 0.717) is 11.2 Å². The number of carbonyl (C=O) groups excluding carboxylic acids is 1. The molecule has 0 unspecified atom stereocenters. The maximum atomic E-state index is 12.5. The van der Waals surface area contributed by atoms with Crippen molar-refractivity contribution in [3.63, 3.8) is 0 Å². The van der Waals surface area contributed by atoms with Gasteiger partial charge in [-0.1, -0.05) is 22.0 Å². The van der Waals surface area contributed by atoms with Crippen molar-refractivity contribution in [1.82, 2.24) is 14.8 Å². The van der Waals surface area contributed by atoms with E-state index in [-0.39, 0.29) is 6.54 Å². The minimum absolute atomic E-state index is 0.333. The Kier molecular flexibility index (Phi) is 4.27. The number of hydrogen-bond donors (Lipinski definition) is 1. The van der Waals surface area contributed by atoms with Crippen LogP contribution in [0.25, 0.3) is 10.9 Å². The van der Waals surface area contributed by atoms with E-state index in [2.05, 4.69) is 31.3 Å². The van der Waals surface area contributed by atoms with Crippen LogP contribution in [-0.4, -0.2) is 20.7 Å².